The van der Waals surface area contributed by atoms with Crippen molar-refractivity contribution in [3.63, 3.8) is 0 Å². The summed E-state index contributed by atoms with van der Waals surface area (Å²) >= 11 is 1.86. The monoisotopic (exact) mass is 304 g/mol. The van der Waals surface area contributed by atoms with E-state index in [2.05, 4.69) is 10.3 Å². The molecule has 1 aliphatic heterocycles. The molecule has 3 rings (SSSR count). The van der Waals surface area contributed by atoms with Gasteiger partial charge < -0.3 is 14.5 Å². The smallest absolute Gasteiger partial charge is 0.257 e. The lowest BCUT2D eigenvalue weighted by atomic mass is 10.2. The largest absolute Gasteiger partial charge is 0.473 e. The molecule has 1 aliphatic rings. The van der Waals surface area contributed by atoms with E-state index in [1.54, 1.807) is 30.7 Å². The molecule has 1 N–H and O–H groups in total. The molecule has 2 aromatic heterocycles. The van der Waals surface area contributed by atoms with Gasteiger partial charge in [0, 0.05) is 11.9 Å². The van der Waals surface area contributed by atoms with Gasteiger partial charge in [-0.3, -0.25) is 4.79 Å². The van der Waals surface area contributed by atoms with E-state index in [-0.39, 0.29) is 12.0 Å². The van der Waals surface area contributed by atoms with Gasteiger partial charge in [0.1, 0.15) is 17.4 Å². The minimum absolute atomic E-state index is 0.140. The quantitative estimate of drug-likeness (QED) is 0.919. The zero-order chi connectivity index (χ0) is 14.5. The van der Waals surface area contributed by atoms with Crippen molar-refractivity contribution >= 4 is 17.7 Å². The highest BCUT2D eigenvalue weighted by Gasteiger charge is 2.21. The Balaban J connectivity index is 1.67. The molecule has 0 spiro atoms. The standard InChI is InChI=1S/C15H16N2O3S/c18-14(17-9-11-3-2-7-19-11)13-4-1-6-16-15(13)20-12-5-8-21-10-12/h1-4,6-7,12H,5,8-10H2,(H,17,18)/t12-/m1/s1. The maximum atomic E-state index is 12.3. The summed E-state index contributed by atoms with van der Waals surface area (Å²) < 4.78 is 11.0. The Hall–Kier alpha value is -1.95. The molecule has 6 heteroatoms. The third-order valence-electron chi connectivity index (χ3n) is 3.19. The Morgan fingerprint density at radius 3 is 3.19 bits per heavy atom. The van der Waals surface area contributed by atoms with Gasteiger partial charge >= 0.3 is 0 Å². The second kappa shape index (κ2) is 6.67. The zero-order valence-electron chi connectivity index (χ0n) is 11.5. The van der Waals surface area contributed by atoms with Gasteiger partial charge in [0.2, 0.25) is 5.88 Å². The summed E-state index contributed by atoms with van der Waals surface area (Å²) in [4.78, 5) is 16.4. The van der Waals surface area contributed by atoms with Crippen LogP contribution >= 0.6 is 11.8 Å². The number of nitrogens with zero attached hydrogens (tertiary/aromatic N) is 1. The van der Waals surface area contributed by atoms with Crippen LogP contribution in [-0.2, 0) is 6.54 Å². The molecule has 0 aliphatic carbocycles. The lowest BCUT2D eigenvalue weighted by Gasteiger charge is -2.14. The van der Waals surface area contributed by atoms with Crippen molar-refractivity contribution in [3.05, 3.63) is 48.0 Å². The third kappa shape index (κ3) is 3.58. The molecule has 0 radical (unpaired) electrons. The van der Waals surface area contributed by atoms with Crippen LogP contribution in [0.25, 0.3) is 0 Å². The Kier molecular flexibility index (Phi) is 4.45. The van der Waals surface area contributed by atoms with Crippen molar-refractivity contribution in [2.24, 2.45) is 0 Å². The molecule has 0 bridgehead atoms. The van der Waals surface area contributed by atoms with Crippen LogP contribution in [0.2, 0.25) is 0 Å². The van der Waals surface area contributed by atoms with Crippen LogP contribution in [0.3, 0.4) is 0 Å². The molecule has 21 heavy (non-hydrogen) atoms. The van der Waals surface area contributed by atoms with E-state index in [0.717, 1.165) is 17.9 Å². The molecule has 0 aromatic carbocycles. The topological polar surface area (TPSA) is 64.4 Å². The van der Waals surface area contributed by atoms with Crippen LogP contribution < -0.4 is 10.1 Å². The van der Waals surface area contributed by atoms with E-state index < -0.39 is 0 Å². The minimum Gasteiger partial charge on any atom is -0.473 e. The fourth-order valence-electron chi connectivity index (χ4n) is 2.10. The van der Waals surface area contributed by atoms with Crippen LogP contribution in [0.15, 0.2) is 41.1 Å². The Morgan fingerprint density at radius 1 is 1.48 bits per heavy atom. The van der Waals surface area contributed by atoms with Crippen molar-refractivity contribution in [2.75, 3.05) is 11.5 Å². The van der Waals surface area contributed by atoms with Crippen LogP contribution in [0.1, 0.15) is 22.5 Å². The highest BCUT2D eigenvalue weighted by Crippen LogP contribution is 2.24. The van der Waals surface area contributed by atoms with Crippen molar-refractivity contribution < 1.29 is 13.9 Å². The lowest BCUT2D eigenvalue weighted by Crippen LogP contribution is -2.25. The van der Waals surface area contributed by atoms with E-state index in [1.165, 1.54) is 0 Å². The Morgan fingerprint density at radius 2 is 2.43 bits per heavy atom. The highest BCUT2D eigenvalue weighted by molar-refractivity contribution is 7.99. The van der Waals surface area contributed by atoms with E-state index in [9.17, 15) is 4.79 Å². The predicted octanol–water partition coefficient (Wildman–Crippen LogP) is 2.49. The number of hydrogen-bond acceptors (Lipinski definition) is 5. The molecule has 1 fully saturated rings. The molecule has 1 atom stereocenters. The van der Waals surface area contributed by atoms with Gasteiger partial charge in [-0.25, -0.2) is 4.98 Å². The van der Waals surface area contributed by atoms with E-state index in [0.29, 0.717) is 23.7 Å². The summed E-state index contributed by atoms with van der Waals surface area (Å²) in [6, 6.07) is 7.06. The van der Waals surface area contributed by atoms with Crippen LogP contribution in [0.4, 0.5) is 0 Å². The number of aromatic nitrogens is 1. The molecule has 0 unspecified atom stereocenters. The first-order chi connectivity index (χ1) is 10.3. The van der Waals surface area contributed by atoms with Crippen LogP contribution in [-0.4, -0.2) is 28.5 Å². The van der Waals surface area contributed by atoms with Gasteiger partial charge in [-0.05, 0) is 36.4 Å². The minimum atomic E-state index is -0.208. The SMILES string of the molecule is O=C(NCc1ccco1)c1cccnc1O[C@@H]1CCSC1. The Bertz CT molecular complexity index is 595. The van der Waals surface area contributed by atoms with Gasteiger partial charge in [-0.2, -0.15) is 11.8 Å². The number of rotatable bonds is 5. The summed E-state index contributed by atoms with van der Waals surface area (Å²) in [5.41, 5.74) is 0.459. The zero-order valence-corrected chi connectivity index (χ0v) is 12.3. The predicted molar refractivity (Wildman–Crippen MR) is 80.5 cm³/mol. The molecule has 0 saturated carbocycles. The van der Waals surface area contributed by atoms with Gasteiger partial charge in [-0.1, -0.05) is 0 Å². The number of ether oxygens (including phenoxy) is 1. The molecule has 1 saturated heterocycles. The second-order valence-corrected chi connectivity index (χ2v) is 5.87. The first-order valence-electron chi connectivity index (χ1n) is 6.83. The van der Waals surface area contributed by atoms with Crippen LogP contribution in [0.5, 0.6) is 5.88 Å². The van der Waals surface area contributed by atoms with Crippen LogP contribution in [0, 0.1) is 0 Å². The van der Waals surface area contributed by atoms with Crippen molar-refractivity contribution in [2.45, 2.75) is 19.1 Å². The van der Waals surface area contributed by atoms with Gasteiger partial charge in [0.15, 0.2) is 0 Å². The summed E-state index contributed by atoms with van der Waals surface area (Å²) in [6.07, 6.45) is 4.36. The Labute approximate surface area is 127 Å². The normalized spacial score (nSPS) is 17.6. The first kappa shape index (κ1) is 14.0. The molecule has 5 nitrogen and oxygen atoms in total. The fourth-order valence-corrected chi connectivity index (χ4v) is 3.19. The van der Waals surface area contributed by atoms with Crippen molar-refractivity contribution in [1.82, 2.24) is 10.3 Å². The van der Waals surface area contributed by atoms with Crippen molar-refractivity contribution in [3.8, 4) is 5.88 Å². The summed E-state index contributed by atoms with van der Waals surface area (Å²) in [7, 11) is 0. The second-order valence-electron chi connectivity index (χ2n) is 4.72. The molecular formula is C15H16N2O3S. The van der Waals surface area contributed by atoms with E-state index in [4.69, 9.17) is 9.15 Å². The highest BCUT2D eigenvalue weighted by atomic mass is 32.2. The maximum Gasteiger partial charge on any atom is 0.257 e. The molecule has 3 heterocycles. The summed E-state index contributed by atoms with van der Waals surface area (Å²) in [6.45, 7) is 0.347. The third-order valence-corrected chi connectivity index (χ3v) is 4.32. The lowest BCUT2D eigenvalue weighted by molar-refractivity contribution is 0.0940. The average molecular weight is 304 g/mol. The summed E-state index contributed by atoms with van der Waals surface area (Å²) in [5, 5.41) is 2.81. The average Bonchev–Trinajstić information content (AvgIpc) is 3.18. The van der Waals surface area contributed by atoms with Crippen molar-refractivity contribution in [1.29, 1.82) is 0 Å². The molecule has 2 aromatic rings. The number of amides is 1. The molecular weight excluding hydrogens is 288 g/mol. The number of carbonyl (C=O) groups is 1. The number of thioether (sulfide) groups is 1. The molecule has 1 amide bonds. The fraction of sp³-hybridized carbons (Fsp3) is 0.333. The number of nitrogens with one attached hydrogen (secondary N) is 1. The van der Waals surface area contributed by atoms with Gasteiger partial charge in [0.05, 0.1) is 12.8 Å². The number of furan rings is 1. The number of carbonyl (C=O) groups excluding carboxylic acids is 1. The molecule has 110 valence electrons. The first-order valence-corrected chi connectivity index (χ1v) is 7.98. The van der Waals surface area contributed by atoms with Gasteiger partial charge in [-0.15, -0.1) is 0 Å². The maximum absolute atomic E-state index is 12.3. The van der Waals surface area contributed by atoms with Gasteiger partial charge in [0.25, 0.3) is 5.91 Å². The summed E-state index contributed by atoms with van der Waals surface area (Å²) in [5.74, 6) is 2.95. The van der Waals surface area contributed by atoms with E-state index in [1.807, 2.05) is 17.8 Å². The van der Waals surface area contributed by atoms with E-state index >= 15 is 0 Å². The number of pyridine rings is 1. The number of hydrogen-bond donors (Lipinski definition) is 1.